The summed E-state index contributed by atoms with van der Waals surface area (Å²) in [5.74, 6) is -0.986. The highest BCUT2D eigenvalue weighted by molar-refractivity contribution is 7.45. The number of carbonyl (C=O) groups is 2. The Morgan fingerprint density at radius 2 is 1.10 bits per heavy atom. The van der Waals surface area contributed by atoms with E-state index in [2.05, 4.69) is 68.5 Å². The molecule has 1 N–H and O–H groups in total. The van der Waals surface area contributed by atoms with Gasteiger partial charge in [-0.25, -0.2) is 0 Å². The number of esters is 2. The van der Waals surface area contributed by atoms with Crippen LogP contribution in [-0.4, -0.2) is 81.2 Å². The third-order valence-corrected chi connectivity index (χ3v) is 10.7. The zero-order chi connectivity index (χ0) is 45.8. The van der Waals surface area contributed by atoms with Crippen LogP contribution >= 0.6 is 7.82 Å². The second-order valence-corrected chi connectivity index (χ2v) is 18.4. The van der Waals surface area contributed by atoms with Gasteiger partial charge in [-0.15, -0.1) is 0 Å². The molecule has 0 amide bonds. The van der Waals surface area contributed by atoms with Crippen molar-refractivity contribution < 1.29 is 47.2 Å². The normalized spacial score (nSPS) is 14.8. The number of nitrogens with zero attached hydrogens (tertiary/aromatic N) is 1. The first-order chi connectivity index (χ1) is 29.9. The minimum Gasteiger partial charge on any atom is -0.756 e. The summed E-state index contributed by atoms with van der Waals surface area (Å²) in [5.41, 5.74) is 0. The largest absolute Gasteiger partial charge is 0.756 e. The molecule has 3 atom stereocenters. The first-order valence-electron chi connectivity index (χ1n) is 23.9. The molecule has 0 spiro atoms. The van der Waals surface area contributed by atoms with E-state index in [4.69, 9.17) is 18.5 Å². The van der Waals surface area contributed by atoms with Gasteiger partial charge in [-0.3, -0.25) is 14.2 Å². The van der Waals surface area contributed by atoms with Gasteiger partial charge in [-0.05, 0) is 83.5 Å². The standard InChI is InChI=1S/C51H88NO9P/c1-6-8-10-12-14-16-17-18-19-20-21-22-23-24-25-26-28-30-34-39-43-51(55)61-49(47-60-62(56,57)59-45-44-52(3,4)5)46-58-50(54)42-38-35-31-33-37-41-48(53)40-36-32-29-27-15-13-11-9-7-2/h15-17,19-20,22-23,27,31-33,36-37,41,48-49,53H,6-14,18,21,24-26,28-30,34-35,38-40,42-47H2,1-5H3/b17-16-,20-19-,23-22-,27-15-,33-31+,36-32-,41-37-/t48?,49-/m1/s1. The molecule has 0 bridgehead atoms. The fraction of sp³-hybridized carbons (Fsp3) is 0.686. The smallest absolute Gasteiger partial charge is 0.306 e. The molecule has 0 saturated heterocycles. The van der Waals surface area contributed by atoms with E-state index in [1.807, 2.05) is 39.4 Å². The molecule has 2 unspecified atom stereocenters. The summed E-state index contributed by atoms with van der Waals surface area (Å²) in [6.07, 6.45) is 50.6. The number of carbonyl (C=O) groups excluding carboxylic acids is 2. The molecule has 0 aliphatic carbocycles. The summed E-state index contributed by atoms with van der Waals surface area (Å²) in [6.45, 7) is 3.98. The number of phosphoric acid groups is 1. The van der Waals surface area contributed by atoms with Crippen LogP contribution in [0, 0.1) is 0 Å². The van der Waals surface area contributed by atoms with Gasteiger partial charge in [0.15, 0.2) is 6.10 Å². The number of quaternary nitrogens is 1. The number of unbranched alkanes of at least 4 members (excludes halogenated alkanes) is 14. The average molecular weight is 890 g/mol. The molecule has 0 aliphatic rings. The van der Waals surface area contributed by atoms with Gasteiger partial charge in [0.2, 0.25) is 0 Å². The van der Waals surface area contributed by atoms with E-state index in [0.29, 0.717) is 36.7 Å². The summed E-state index contributed by atoms with van der Waals surface area (Å²) in [4.78, 5) is 37.6. The molecule has 0 aromatic rings. The maximum absolute atomic E-state index is 12.7. The van der Waals surface area contributed by atoms with Crippen LogP contribution in [0.4, 0.5) is 0 Å². The van der Waals surface area contributed by atoms with E-state index in [1.165, 1.54) is 51.4 Å². The Labute approximate surface area is 378 Å². The summed E-state index contributed by atoms with van der Waals surface area (Å²) in [6, 6.07) is 0. The first-order valence-corrected chi connectivity index (χ1v) is 25.4. The maximum Gasteiger partial charge on any atom is 0.306 e. The van der Waals surface area contributed by atoms with Gasteiger partial charge in [0.1, 0.15) is 19.8 Å². The van der Waals surface area contributed by atoms with Gasteiger partial charge >= 0.3 is 11.9 Å². The fourth-order valence-electron chi connectivity index (χ4n) is 5.91. The molecular weight excluding hydrogens is 802 g/mol. The Hall–Kier alpha value is -2.85. The Bertz CT molecular complexity index is 1340. The molecule has 62 heavy (non-hydrogen) atoms. The van der Waals surface area contributed by atoms with Crippen LogP contribution in [0.3, 0.4) is 0 Å². The highest BCUT2D eigenvalue weighted by atomic mass is 31.2. The molecular formula is C51H88NO9P. The van der Waals surface area contributed by atoms with Gasteiger partial charge in [0.05, 0.1) is 33.9 Å². The lowest BCUT2D eigenvalue weighted by Crippen LogP contribution is -2.37. The highest BCUT2D eigenvalue weighted by Gasteiger charge is 2.21. The van der Waals surface area contributed by atoms with Gasteiger partial charge in [0.25, 0.3) is 7.82 Å². The van der Waals surface area contributed by atoms with Crippen molar-refractivity contribution in [2.24, 2.45) is 0 Å². The Balaban J connectivity index is 4.52. The average Bonchev–Trinajstić information content (AvgIpc) is 3.22. The van der Waals surface area contributed by atoms with Crippen LogP contribution in [0.25, 0.3) is 0 Å². The van der Waals surface area contributed by atoms with Gasteiger partial charge in [-0.1, -0.05) is 157 Å². The van der Waals surface area contributed by atoms with E-state index in [1.54, 1.807) is 12.2 Å². The minimum absolute atomic E-state index is 0.0604. The quantitative estimate of drug-likeness (QED) is 0.0159. The molecule has 10 nitrogen and oxygen atoms in total. The molecule has 0 aliphatic heterocycles. The van der Waals surface area contributed by atoms with Crippen molar-refractivity contribution in [1.82, 2.24) is 0 Å². The lowest BCUT2D eigenvalue weighted by Gasteiger charge is -2.28. The summed E-state index contributed by atoms with van der Waals surface area (Å²) in [5, 5.41) is 10.2. The number of hydrogen-bond donors (Lipinski definition) is 1. The third-order valence-electron chi connectivity index (χ3n) is 9.72. The van der Waals surface area contributed by atoms with E-state index in [0.717, 1.165) is 64.2 Å². The van der Waals surface area contributed by atoms with Crippen LogP contribution in [0.2, 0.25) is 0 Å². The summed E-state index contributed by atoms with van der Waals surface area (Å²) < 4.78 is 33.8. The molecule has 0 radical (unpaired) electrons. The van der Waals surface area contributed by atoms with E-state index in [-0.39, 0.29) is 26.1 Å². The highest BCUT2D eigenvalue weighted by Crippen LogP contribution is 2.38. The monoisotopic (exact) mass is 890 g/mol. The first kappa shape index (κ1) is 59.1. The number of likely N-dealkylation sites (N-methyl/N-ethyl adjacent to an activating group) is 1. The van der Waals surface area contributed by atoms with Crippen LogP contribution in [0.5, 0.6) is 0 Å². The number of rotatable bonds is 42. The number of aliphatic hydroxyl groups excluding tert-OH is 1. The van der Waals surface area contributed by atoms with Crippen molar-refractivity contribution in [3.63, 3.8) is 0 Å². The number of allylic oxidation sites excluding steroid dienone is 12. The number of hydrogen-bond acceptors (Lipinski definition) is 9. The van der Waals surface area contributed by atoms with Crippen molar-refractivity contribution in [2.75, 3.05) is 47.5 Å². The lowest BCUT2D eigenvalue weighted by atomic mass is 10.1. The molecule has 0 heterocycles. The SMILES string of the molecule is CCCCC/C=C\C/C=C\CC(O)/C=C\C=C\CCCC(=O)OC[C@H](COP(=O)([O-])OCC[N+](C)(C)C)OC(=O)CCCCCCCC/C=C\C/C=C\C/C=C\CCCCCC. The van der Waals surface area contributed by atoms with Crippen molar-refractivity contribution in [3.8, 4) is 0 Å². The van der Waals surface area contributed by atoms with Crippen molar-refractivity contribution in [2.45, 2.75) is 180 Å². The van der Waals surface area contributed by atoms with Crippen LogP contribution < -0.4 is 4.89 Å². The number of phosphoric ester groups is 1. The topological polar surface area (TPSA) is 131 Å². The zero-order valence-electron chi connectivity index (χ0n) is 39.6. The van der Waals surface area contributed by atoms with Crippen molar-refractivity contribution in [3.05, 3.63) is 85.1 Å². The summed E-state index contributed by atoms with van der Waals surface area (Å²) in [7, 11) is 1.07. The molecule has 0 aromatic heterocycles. The molecule has 0 saturated carbocycles. The summed E-state index contributed by atoms with van der Waals surface area (Å²) >= 11 is 0. The molecule has 0 aromatic carbocycles. The van der Waals surface area contributed by atoms with Crippen LogP contribution in [0.15, 0.2) is 85.1 Å². The van der Waals surface area contributed by atoms with Gasteiger partial charge < -0.3 is 33.0 Å². The van der Waals surface area contributed by atoms with Crippen molar-refractivity contribution in [1.29, 1.82) is 0 Å². The molecule has 356 valence electrons. The van der Waals surface area contributed by atoms with Crippen molar-refractivity contribution >= 4 is 19.8 Å². The second-order valence-electron chi connectivity index (χ2n) is 17.0. The number of ether oxygens (including phenoxy) is 2. The van der Waals surface area contributed by atoms with Crippen LogP contribution in [-0.2, 0) is 32.7 Å². The third kappa shape index (κ3) is 45.2. The molecule has 11 heteroatoms. The van der Waals surface area contributed by atoms with Gasteiger partial charge in [0, 0.05) is 12.8 Å². The predicted octanol–water partition coefficient (Wildman–Crippen LogP) is 12.3. The van der Waals surface area contributed by atoms with Crippen LogP contribution in [0.1, 0.15) is 168 Å². The van der Waals surface area contributed by atoms with E-state index < -0.39 is 38.6 Å². The van der Waals surface area contributed by atoms with Gasteiger partial charge in [-0.2, -0.15) is 0 Å². The van der Waals surface area contributed by atoms with E-state index >= 15 is 0 Å². The second kappa shape index (κ2) is 42.1. The predicted molar refractivity (Wildman–Crippen MR) is 255 cm³/mol. The minimum atomic E-state index is -4.67. The molecule has 0 fully saturated rings. The Kier molecular flexibility index (Phi) is 40.2. The maximum atomic E-state index is 12.7. The van der Waals surface area contributed by atoms with E-state index in [9.17, 15) is 24.2 Å². The Morgan fingerprint density at radius 3 is 1.71 bits per heavy atom. The molecule has 0 rings (SSSR count). The number of aliphatic hydroxyl groups is 1. The fourth-order valence-corrected chi connectivity index (χ4v) is 6.64. The Morgan fingerprint density at radius 1 is 0.597 bits per heavy atom. The zero-order valence-corrected chi connectivity index (χ0v) is 40.5. The lowest BCUT2D eigenvalue weighted by molar-refractivity contribution is -0.870.